The zero-order valence-corrected chi connectivity index (χ0v) is 16.2. The van der Waals surface area contributed by atoms with Gasteiger partial charge in [-0.15, -0.1) is 0 Å². The molecule has 0 aliphatic carbocycles. The highest BCUT2D eigenvalue weighted by Gasteiger charge is 2.19. The number of esters is 1. The Balaban J connectivity index is 1.70. The van der Waals surface area contributed by atoms with E-state index in [1.54, 1.807) is 24.0 Å². The summed E-state index contributed by atoms with van der Waals surface area (Å²) < 4.78 is 7.00. The lowest BCUT2D eigenvalue weighted by Crippen LogP contribution is -2.13. The van der Waals surface area contributed by atoms with E-state index in [-0.39, 0.29) is 0 Å². The molecule has 0 radical (unpaired) electrons. The van der Waals surface area contributed by atoms with Crippen molar-refractivity contribution in [2.45, 2.75) is 13.3 Å². The number of benzene rings is 2. The molecule has 2 heterocycles. The minimum atomic E-state index is -0.392. The van der Waals surface area contributed by atoms with Crippen molar-refractivity contribution >= 4 is 22.7 Å². The van der Waals surface area contributed by atoms with Gasteiger partial charge in [0.25, 0.3) is 0 Å². The van der Waals surface area contributed by atoms with Crippen LogP contribution in [0.2, 0.25) is 0 Å². The minimum Gasteiger partial charge on any atom is -0.462 e. The molecule has 29 heavy (non-hydrogen) atoms. The molecular weight excluding hydrogens is 364 g/mol. The summed E-state index contributed by atoms with van der Waals surface area (Å²) in [7, 11) is 0. The number of nitrogens with one attached hydrogen (secondary N) is 1. The number of pyridine rings is 1. The predicted octanol–water partition coefficient (Wildman–Crippen LogP) is 4.25. The van der Waals surface area contributed by atoms with Gasteiger partial charge >= 0.3 is 5.97 Å². The summed E-state index contributed by atoms with van der Waals surface area (Å²) >= 11 is 0. The van der Waals surface area contributed by atoms with Crippen LogP contribution >= 0.6 is 0 Å². The maximum atomic E-state index is 12.5. The van der Waals surface area contributed by atoms with Crippen LogP contribution in [0.1, 0.15) is 22.8 Å². The number of aromatic nitrogens is 3. The molecule has 0 aliphatic rings. The third-order valence-electron chi connectivity index (χ3n) is 4.65. The highest BCUT2D eigenvalue weighted by molar-refractivity contribution is 6.04. The largest absolute Gasteiger partial charge is 0.462 e. The van der Waals surface area contributed by atoms with Crippen LogP contribution in [0.3, 0.4) is 0 Å². The monoisotopic (exact) mass is 386 g/mol. The number of carbonyl (C=O) groups excluding carboxylic acids is 1. The lowest BCUT2D eigenvalue weighted by atomic mass is 10.1. The number of rotatable bonds is 7. The Bertz CT molecular complexity index is 1110. The molecule has 0 saturated heterocycles. The number of carbonyl (C=O) groups is 1. The summed E-state index contributed by atoms with van der Waals surface area (Å²) in [5.74, 6) is -0.392. The molecular formula is C23H22N4O2. The molecule has 1 N–H and O–H groups in total. The molecule has 146 valence electrons. The average Bonchev–Trinajstić information content (AvgIpc) is 3.20. The molecule has 4 rings (SSSR count). The van der Waals surface area contributed by atoms with Gasteiger partial charge in [-0.05, 0) is 31.0 Å². The van der Waals surface area contributed by atoms with E-state index < -0.39 is 5.97 Å². The molecule has 0 amide bonds. The number of fused-ring (bicyclic) bond motifs is 1. The van der Waals surface area contributed by atoms with E-state index in [2.05, 4.69) is 27.5 Å². The normalized spacial score (nSPS) is 10.8. The molecule has 6 nitrogen and oxygen atoms in total. The van der Waals surface area contributed by atoms with Crippen LogP contribution in [0, 0.1) is 0 Å². The van der Waals surface area contributed by atoms with Crippen molar-refractivity contribution in [3.63, 3.8) is 0 Å². The molecule has 0 atom stereocenters. The smallest absolute Gasteiger partial charge is 0.341 e. The van der Waals surface area contributed by atoms with Crippen LogP contribution in [0.4, 0.5) is 5.69 Å². The van der Waals surface area contributed by atoms with E-state index in [0.717, 1.165) is 17.5 Å². The number of nitrogens with zero attached hydrogens (tertiary/aromatic N) is 3. The summed E-state index contributed by atoms with van der Waals surface area (Å²) in [4.78, 5) is 17.0. The Kier molecular flexibility index (Phi) is 5.52. The van der Waals surface area contributed by atoms with E-state index in [0.29, 0.717) is 30.0 Å². The molecule has 0 unspecified atom stereocenters. The standard InChI is InChI=1S/C23H22N4O2/c1-2-29-23(28)20-15-25-22-19(16-26-27(22)18-11-7-4-8-12-18)21(20)24-14-13-17-9-5-3-6-10-17/h3-12,15-16H,2,13-14H2,1H3,(H,24,25). The Morgan fingerprint density at radius 3 is 2.48 bits per heavy atom. The maximum absolute atomic E-state index is 12.5. The molecule has 4 aromatic rings. The van der Waals surface area contributed by atoms with Gasteiger partial charge in [0.05, 0.1) is 29.6 Å². The maximum Gasteiger partial charge on any atom is 0.341 e. The molecule has 0 aliphatic heterocycles. The number of para-hydroxylation sites is 1. The van der Waals surface area contributed by atoms with Gasteiger partial charge in [0.2, 0.25) is 0 Å². The third kappa shape index (κ3) is 3.96. The first-order valence-electron chi connectivity index (χ1n) is 9.65. The Morgan fingerprint density at radius 1 is 1.03 bits per heavy atom. The zero-order chi connectivity index (χ0) is 20.1. The SMILES string of the molecule is CCOC(=O)c1cnc2c(cnn2-c2ccccc2)c1NCCc1ccccc1. The Morgan fingerprint density at radius 2 is 1.76 bits per heavy atom. The molecule has 0 bridgehead atoms. The van der Waals surface area contributed by atoms with Gasteiger partial charge in [-0.2, -0.15) is 5.10 Å². The summed E-state index contributed by atoms with van der Waals surface area (Å²) in [5.41, 5.74) is 3.94. The fourth-order valence-corrected chi connectivity index (χ4v) is 3.27. The summed E-state index contributed by atoms with van der Waals surface area (Å²) in [5, 5.41) is 8.70. The van der Waals surface area contributed by atoms with Crippen molar-refractivity contribution in [3.05, 3.63) is 84.2 Å². The molecule has 0 fully saturated rings. The summed E-state index contributed by atoms with van der Waals surface area (Å²) in [6.45, 7) is 2.77. The van der Waals surface area contributed by atoms with E-state index in [4.69, 9.17) is 4.74 Å². The van der Waals surface area contributed by atoms with E-state index >= 15 is 0 Å². The Hall–Kier alpha value is -3.67. The number of anilines is 1. The van der Waals surface area contributed by atoms with Crippen molar-refractivity contribution < 1.29 is 9.53 Å². The summed E-state index contributed by atoms with van der Waals surface area (Å²) in [6, 6.07) is 20.0. The fraction of sp³-hybridized carbons (Fsp3) is 0.174. The van der Waals surface area contributed by atoms with E-state index in [9.17, 15) is 4.79 Å². The fourth-order valence-electron chi connectivity index (χ4n) is 3.27. The van der Waals surface area contributed by atoms with E-state index in [1.165, 1.54) is 5.56 Å². The number of hydrogen-bond acceptors (Lipinski definition) is 5. The van der Waals surface area contributed by atoms with Gasteiger partial charge in [-0.25, -0.2) is 14.5 Å². The van der Waals surface area contributed by atoms with Crippen LogP contribution in [0.5, 0.6) is 0 Å². The van der Waals surface area contributed by atoms with Crippen molar-refractivity contribution in [1.82, 2.24) is 14.8 Å². The lowest BCUT2D eigenvalue weighted by Gasteiger charge is -2.13. The van der Waals surface area contributed by atoms with Gasteiger partial charge in [0.15, 0.2) is 5.65 Å². The highest BCUT2D eigenvalue weighted by atomic mass is 16.5. The van der Waals surface area contributed by atoms with Crippen molar-refractivity contribution in [3.8, 4) is 5.69 Å². The average molecular weight is 386 g/mol. The predicted molar refractivity (Wildman–Crippen MR) is 113 cm³/mol. The molecule has 6 heteroatoms. The first-order valence-corrected chi connectivity index (χ1v) is 9.65. The number of ether oxygens (including phenoxy) is 1. The minimum absolute atomic E-state index is 0.309. The number of hydrogen-bond donors (Lipinski definition) is 1. The molecule has 2 aromatic heterocycles. The second kappa shape index (κ2) is 8.56. The van der Waals surface area contributed by atoms with Gasteiger partial charge in [-0.1, -0.05) is 48.5 Å². The van der Waals surface area contributed by atoms with Crippen LogP contribution in [-0.2, 0) is 11.2 Å². The highest BCUT2D eigenvalue weighted by Crippen LogP contribution is 2.28. The quantitative estimate of drug-likeness (QED) is 0.481. The van der Waals surface area contributed by atoms with Gasteiger partial charge in [0.1, 0.15) is 5.56 Å². The first kappa shape index (κ1) is 18.7. The third-order valence-corrected chi connectivity index (χ3v) is 4.65. The first-order chi connectivity index (χ1) is 14.3. The van der Waals surface area contributed by atoms with Crippen molar-refractivity contribution in [2.24, 2.45) is 0 Å². The second-order valence-electron chi connectivity index (χ2n) is 6.56. The lowest BCUT2D eigenvalue weighted by molar-refractivity contribution is 0.0527. The topological polar surface area (TPSA) is 69.0 Å². The van der Waals surface area contributed by atoms with Crippen molar-refractivity contribution in [1.29, 1.82) is 0 Å². The second-order valence-corrected chi connectivity index (χ2v) is 6.56. The van der Waals surface area contributed by atoms with Crippen molar-refractivity contribution in [2.75, 3.05) is 18.5 Å². The summed E-state index contributed by atoms with van der Waals surface area (Å²) in [6.07, 6.45) is 4.13. The molecule has 0 spiro atoms. The van der Waals surface area contributed by atoms with Gasteiger partial charge < -0.3 is 10.1 Å². The van der Waals surface area contributed by atoms with E-state index in [1.807, 2.05) is 48.5 Å². The molecule has 2 aromatic carbocycles. The van der Waals surface area contributed by atoms with Gasteiger partial charge in [-0.3, -0.25) is 0 Å². The molecule has 0 saturated carbocycles. The van der Waals surface area contributed by atoms with Crippen LogP contribution in [-0.4, -0.2) is 33.9 Å². The zero-order valence-electron chi connectivity index (χ0n) is 16.2. The van der Waals surface area contributed by atoms with Crippen LogP contribution in [0.25, 0.3) is 16.7 Å². The Labute approximate surface area is 169 Å². The van der Waals surface area contributed by atoms with Crippen LogP contribution in [0.15, 0.2) is 73.1 Å². The van der Waals surface area contributed by atoms with Gasteiger partial charge in [0, 0.05) is 12.7 Å². The van der Waals surface area contributed by atoms with Crippen LogP contribution < -0.4 is 5.32 Å².